The lowest BCUT2D eigenvalue weighted by Crippen LogP contribution is -2.30. The molecule has 1 aromatic heterocycles. The molecule has 37 heavy (non-hydrogen) atoms. The number of nitrogens with zero attached hydrogens (tertiary/aromatic N) is 3. The molecule has 4 heteroatoms. The first-order chi connectivity index (χ1) is 18.1. The van der Waals surface area contributed by atoms with Gasteiger partial charge in [0.15, 0.2) is 0 Å². The van der Waals surface area contributed by atoms with Crippen LogP contribution in [-0.4, -0.2) is 26.1 Å². The Morgan fingerprint density at radius 1 is 0.838 bits per heavy atom. The van der Waals surface area contributed by atoms with Crippen LogP contribution in [0, 0.1) is 5.92 Å². The van der Waals surface area contributed by atoms with E-state index in [2.05, 4.69) is 66.8 Å². The van der Waals surface area contributed by atoms with Gasteiger partial charge in [0, 0.05) is 31.7 Å². The molecule has 0 aliphatic heterocycles. The molecule has 1 fully saturated rings. The number of hydrogen-bond donors (Lipinski definition) is 1. The monoisotopic (exact) mass is 503 g/mol. The van der Waals surface area contributed by atoms with Gasteiger partial charge in [0.2, 0.25) is 0 Å². The van der Waals surface area contributed by atoms with E-state index >= 15 is 0 Å². The topological polar surface area (TPSA) is 41.3 Å². The lowest BCUT2D eigenvalue weighted by Gasteiger charge is -2.30. The van der Waals surface area contributed by atoms with E-state index in [0.29, 0.717) is 5.75 Å². The minimum Gasteiger partial charge on any atom is -0.508 e. The van der Waals surface area contributed by atoms with E-state index in [9.17, 15) is 5.11 Å². The molecule has 1 heterocycles. The third kappa shape index (κ3) is 9.66. The molecule has 1 aliphatic rings. The van der Waals surface area contributed by atoms with Crippen LogP contribution in [0.5, 0.6) is 5.75 Å². The summed E-state index contributed by atoms with van der Waals surface area (Å²) in [7, 11) is 0. The van der Waals surface area contributed by atoms with Crippen molar-refractivity contribution >= 4 is 0 Å². The zero-order chi connectivity index (χ0) is 26.3. The van der Waals surface area contributed by atoms with Crippen LogP contribution in [0.2, 0.25) is 0 Å². The van der Waals surface area contributed by atoms with Crippen molar-refractivity contribution in [2.24, 2.45) is 5.92 Å². The van der Waals surface area contributed by atoms with E-state index in [4.69, 9.17) is 4.98 Å². The molecule has 202 valence electrons. The normalized spacial score (nSPS) is 13.9. The molecule has 4 nitrogen and oxygen atoms in total. The number of rotatable bonds is 12. The molecule has 0 atom stereocenters. The molecule has 1 saturated carbocycles. The third-order valence-electron chi connectivity index (χ3n) is 7.38. The van der Waals surface area contributed by atoms with Gasteiger partial charge in [-0.05, 0) is 42.9 Å². The molecule has 1 N–H and O–H groups in total. The minimum absolute atomic E-state index is 0.331. The number of phenolic OH excluding ortho intramolecular Hbond substituents is 1. The van der Waals surface area contributed by atoms with E-state index in [1.807, 2.05) is 12.1 Å². The van der Waals surface area contributed by atoms with Gasteiger partial charge in [-0.25, -0.2) is 4.98 Å². The smallest absolute Gasteiger partial charge is 0.140 e. The van der Waals surface area contributed by atoms with E-state index in [-0.39, 0.29) is 0 Å². The molecule has 0 saturated heterocycles. The average Bonchev–Trinajstić information content (AvgIpc) is 3.32. The van der Waals surface area contributed by atoms with Gasteiger partial charge in [0.25, 0.3) is 0 Å². The van der Waals surface area contributed by atoms with E-state index in [1.54, 1.807) is 12.1 Å². The number of unbranched alkanes of at least 4 members (excludes halogenated alkanes) is 3. The lowest BCUT2D eigenvalue weighted by atomic mass is 9.89. The van der Waals surface area contributed by atoms with Crippen LogP contribution in [0.4, 0.5) is 0 Å². The van der Waals surface area contributed by atoms with Gasteiger partial charge in [-0.1, -0.05) is 108 Å². The summed E-state index contributed by atoms with van der Waals surface area (Å²) in [4.78, 5) is 7.45. The molecule has 1 aliphatic carbocycles. The Balaban J connectivity index is 0.000000695. The molecule has 0 amide bonds. The molecule has 0 spiro atoms. The minimum atomic E-state index is 0.331. The van der Waals surface area contributed by atoms with Crippen molar-refractivity contribution in [2.45, 2.75) is 105 Å². The first-order valence-electron chi connectivity index (χ1n) is 14.7. The number of aromatic hydroxyl groups is 1. The summed E-state index contributed by atoms with van der Waals surface area (Å²) in [5, 5.41) is 9.69. The molecular formula is C33H49N3O. The number of benzene rings is 2. The van der Waals surface area contributed by atoms with Crippen LogP contribution in [0.15, 0.2) is 60.8 Å². The SMILES string of the molecule is CCCCC.CCCCn1c(CN(Cc2ccc(O)cc2)CC2CCCCC2)cnc1-c1ccccc1. The van der Waals surface area contributed by atoms with Gasteiger partial charge in [-0.15, -0.1) is 0 Å². The summed E-state index contributed by atoms with van der Waals surface area (Å²) in [6.07, 6.45) is 15.3. The first kappa shape index (κ1) is 29.0. The maximum Gasteiger partial charge on any atom is 0.140 e. The summed E-state index contributed by atoms with van der Waals surface area (Å²) in [6, 6.07) is 18.3. The lowest BCUT2D eigenvalue weighted by molar-refractivity contribution is 0.183. The van der Waals surface area contributed by atoms with Crippen molar-refractivity contribution in [2.75, 3.05) is 6.54 Å². The average molecular weight is 504 g/mol. The fourth-order valence-electron chi connectivity index (χ4n) is 5.28. The van der Waals surface area contributed by atoms with Crippen LogP contribution in [0.3, 0.4) is 0 Å². The second kappa shape index (κ2) is 16.3. The summed E-state index contributed by atoms with van der Waals surface area (Å²) in [5.41, 5.74) is 3.74. The zero-order valence-corrected chi connectivity index (χ0v) is 23.5. The number of phenols is 1. The summed E-state index contributed by atoms with van der Waals surface area (Å²) < 4.78 is 2.43. The highest BCUT2D eigenvalue weighted by Gasteiger charge is 2.20. The van der Waals surface area contributed by atoms with E-state index in [1.165, 1.54) is 74.6 Å². The van der Waals surface area contributed by atoms with Gasteiger partial charge >= 0.3 is 0 Å². The highest BCUT2D eigenvalue weighted by molar-refractivity contribution is 5.55. The molecule has 0 unspecified atom stereocenters. The Hall–Kier alpha value is -2.59. The zero-order valence-electron chi connectivity index (χ0n) is 23.5. The Labute approximate surface area is 225 Å². The first-order valence-corrected chi connectivity index (χ1v) is 14.7. The fraction of sp³-hybridized carbons (Fsp3) is 0.545. The Morgan fingerprint density at radius 2 is 1.51 bits per heavy atom. The molecule has 4 rings (SSSR count). The van der Waals surface area contributed by atoms with Gasteiger partial charge < -0.3 is 9.67 Å². The Morgan fingerprint density at radius 3 is 2.14 bits per heavy atom. The Kier molecular flexibility index (Phi) is 12.8. The second-order valence-electron chi connectivity index (χ2n) is 10.6. The maximum absolute atomic E-state index is 9.69. The van der Waals surface area contributed by atoms with E-state index < -0.39 is 0 Å². The largest absolute Gasteiger partial charge is 0.508 e. The number of imidazole rings is 1. The quantitative estimate of drug-likeness (QED) is 0.268. The predicted octanol–water partition coefficient (Wildman–Crippen LogP) is 8.83. The summed E-state index contributed by atoms with van der Waals surface area (Å²) >= 11 is 0. The summed E-state index contributed by atoms with van der Waals surface area (Å²) in [6.45, 7) is 10.6. The van der Waals surface area contributed by atoms with Crippen LogP contribution in [-0.2, 0) is 19.6 Å². The standard InChI is InChI=1S/C28H37N3O.C5H12/c1-2-3-18-31-26(19-29-28(31)25-12-8-5-9-13-25)22-30(20-23-10-6-4-7-11-23)21-24-14-16-27(32)17-15-24;1-3-5-4-2/h5,8-9,12-17,19,23,32H,2-4,6-7,10-11,18,20-22H2,1H3;3-5H2,1-2H3. The third-order valence-corrected chi connectivity index (χ3v) is 7.38. The van der Waals surface area contributed by atoms with Crippen LogP contribution in [0.1, 0.15) is 96.2 Å². The molecule has 3 aromatic rings. The molecule has 2 aromatic carbocycles. The van der Waals surface area contributed by atoms with Crippen LogP contribution in [0.25, 0.3) is 11.4 Å². The number of aromatic nitrogens is 2. The van der Waals surface area contributed by atoms with Crippen molar-refractivity contribution in [3.8, 4) is 17.1 Å². The number of hydrogen-bond acceptors (Lipinski definition) is 3. The van der Waals surface area contributed by atoms with Crippen molar-refractivity contribution in [3.63, 3.8) is 0 Å². The van der Waals surface area contributed by atoms with E-state index in [0.717, 1.165) is 44.3 Å². The van der Waals surface area contributed by atoms with Crippen molar-refractivity contribution < 1.29 is 5.11 Å². The predicted molar refractivity (Wildman–Crippen MR) is 157 cm³/mol. The molecule has 0 radical (unpaired) electrons. The maximum atomic E-state index is 9.69. The van der Waals surface area contributed by atoms with Crippen LogP contribution >= 0.6 is 0 Å². The van der Waals surface area contributed by atoms with Crippen molar-refractivity contribution in [1.82, 2.24) is 14.5 Å². The van der Waals surface area contributed by atoms with Gasteiger partial charge in [-0.3, -0.25) is 4.90 Å². The highest BCUT2D eigenvalue weighted by atomic mass is 16.3. The molecular weight excluding hydrogens is 454 g/mol. The van der Waals surface area contributed by atoms with Crippen molar-refractivity contribution in [1.29, 1.82) is 0 Å². The second-order valence-corrected chi connectivity index (χ2v) is 10.6. The molecule has 0 bridgehead atoms. The van der Waals surface area contributed by atoms with Gasteiger partial charge in [0.1, 0.15) is 11.6 Å². The highest BCUT2D eigenvalue weighted by Crippen LogP contribution is 2.27. The van der Waals surface area contributed by atoms with Gasteiger partial charge in [-0.2, -0.15) is 0 Å². The fourth-order valence-corrected chi connectivity index (χ4v) is 5.28. The Bertz CT molecular complexity index is 988. The van der Waals surface area contributed by atoms with Gasteiger partial charge in [0.05, 0.1) is 11.9 Å². The van der Waals surface area contributed by atoms with Crippen LogP contribution < -0.4 is 0 Å². The summed E-state index contributed by atoms with van der Waals surface area (Å²) in [5.74, 6) is 2.19. The van der Waals surface area contributed by atoms with Crippen molar-refractivity contribution in [3.05, 3.63) is 72.1 Å².